The van der Waals surface area contributed by atoms with Crippen molar-refractivity contribution in [1.82, 2.24) is 0 Å². The Labute approximate surface area is 152 Å². The molecule has 3 fully saturated rings. The van der Waals surface area contributed by atoms with Gasteiger partial charge in [0.25, 0.3) is 0 Å². The van der Waals surface area contributed by atoms with Crippen molar-refractivity contribution < 1.29 is 14.6 Å². The molecule has 0 saturated heterocycles. The van der Waals surface area contributed by atoms with Gasteiger partial charge in [-0.3, -0.25) is 4.79 Å². The molecule has 0 aromatic carbocycles. The van der Waals surface area contributed by atoms with Crippen molar-refractivity contribution in [3.63, 3.8) is 0 Å². The molecule has 4 aliphatic carbocycles. The highest BCUT2D eigenvalue weighted by Crippen LogP contribution is 2.71. The first-order chi connectivity index (χ1) is 11.7. The molecule has 140 valence electrons. The van der Waals surface area contributed by atoms with Crippen molar-refractivity contribution in [2.24, 2.45) is 33.5 Å². The van der Waals surface area contributed by atoms with Crippen molar-refractivity contribution >= 4 is 5.97 Å². The van der Waals surface area contributed by atoms with Crippen LogP contribution in [0, 0.1) is 33.5 Å². The third-order valence-electron chi connectivity index (χ3n) is 8.90. The van der Waals surface area contributed by atoms with Crippen LogP contribution in [0.4, 0.5) is 0 Å². The van der Waals surface area contributed by atoms with E-state index in [0.717, 1.165) is 25.7 Å². The first kappa shape index (κ1) is 17.6. The number of carbonyl (C=O) groups excluding carboxylic acids is 1. The Morgan fingerprint density at radius 3 is 2.52 bits per heavy atom. The average Bonchev–Trinajstić information content (AvgIpc) is 2.70. The summed E-state index contributed by atoms with van der Waals surface area (Å²) in [6.45, 7) is 9.13. The Hall–Kier alpha value is -0.830. The normalized spacial score (nSPS) is 53.9. The van der Waals surface area contributed by atoms with E-state index in [2.05, 4.69) is 32.9 Å². The number of hydrogen-bond acceptors (Lipinski definition) is 3. The van der Waals surface area contributed by atoms with Gasteiger partial charge in [0.15, 0.2) is 0 Å². The van der Waals surface area contributed by atoms with Crippen LogP contribution in [-0.4, -0.2) is 23.8 Å². The van der Waals surface area contributed by atoms with E-state index < -0.39 is 0 Å². The maximum Gasteiger partial charge on any atom is 0.302 e. The number of aliphatic hydroxyl groups excluding tert-OH is 1. The molecule has 0 radical (unpaired) electrons. The van der Waals surface area contributed by atoms with Gasteiger partial charge in [-0.15, -0.1) is 0 Å². The standard InChI is InChI=1S/C22H34O3/c1-15(23)25-14-20(3)8-5-9-21(4)16(20)7-11-22-13-12-19(2,18(22)24)10-6-17(21)22/h12-13,16-18,24H,5-11,14H2,1-4H3/t16-,17+,18-,19+,20-,21-,22+/m1/s1. The molecule has 1 spiro atoms. The molecule has 4 rings (SSSR count). The molecule has 0 aromatic rings. The molecule has 4 aliphatic rings. The molecule has 25 heavy (non-hydrogen) atoms. The van der Waals surface area contributed by atoms with Gasteiger partial charge in [-0.05, 0) is 55.8 Å². The molecule has 0 amide bonds. The summed E-state index contributed by atoms with van der Waals surface area (Å²) in [6.07, 6.45) is 12.6. The smallest absolute Gasteiger partial charge is 0.302 e. The van der Waals surface area contributed by atoms with E-state index in [4.69, 9.17) is 4.74 Å². The molecule has 0 aromatic heterocycles. The van der Waals surface area contributed by atoms with Crippen molar-refractivity contribution in [3.05, 3.63) is 12.2 Å². The van der Waals surface area contributed by atoms with E-state index in [1.165, 1.54) is 26.2 Å². The minimum absolute atomic E-state index is 0.0159. The highest BCUT2D eigenvalue weighted by Gasteiger charge is 2.67. The third-order valence-corrected chi connectivity index (χ3v) is 8.90. The molecule has 3 saturated carbocycles. The van der Waals surface area contributed by atoms with Crippen LogP contribution in [0.25, 0.3) is 0 Å². The number of ether oxygens (including phenoxy) is 1. The van der Waals surface area contributed by atoms with E-state index in [1.54, 1.807) is 0 Å². The lowest BCUT2D eigenvalue weighted by Gasteiger charge is -2.65. The number of hydrogen-bond donors (Lipinski definition) is 1. The number of esters is 1. The van der Waals surface area contributed by atoms with Gasteiger partial charge in [0.1, 0.15) is 0 Å². The van der Waals surface area contributed by atoms with Crippen LogP contribution in [0.3, 0.4) is 0 Å². The number of aliphatic hydroxyl groups is 1. The largest absolute Gasteiger partial charge is 0.465 e. The van der Waals surface area contributed by atoms with Gasteiger partial charge in [0, 0.05) is 23.2 Å². The first-order valence-corrected chi connectivity index (χ1v) is 10.2. The molecule has 3 nitrogen and oxygen atoms in total. The maximum atomic E-state index is 11.4. The summed E-state index contributed by atoms with van der Waals surface area (Å²) in [6, 6.07) is 0. The zero-order valence-electron chi connectivity index (χ0n) is 16.3. The van der Waals surface area contributed by atoms with Crippen LogP contribution in [0.2, 0.25) is 0 Å². The van der Waals surface area contributed by atoms with Crippen molar-refractivity contribution in [2.75, 3.05) is 6.61 Å². The lowest BCUT2D eigenvalue weighted by molar-refractivity contribution is -0.196. The zero-order chi connectivity index (χ0) is 18.1. The van der Waals surface area contributed by atoms with Crippen LogP contribution in [0.5, 0.6) is 0 Å². The van der Waals surface area contributed by atoms with E-state index in [1.807, 2.05) is 0 Å². The molecular weight excluding hydrogens is 312 g/mol. The molecule has 7 atom stereocenters. The summed E-state index contributed by atoms with van der Waals surface area (Å²) in [5.41, 5.74) is 0.282. The maximum absolute atomic E-state index is 11.4. The van der Waals surface area contributed by atoms with Crippen LogP contribution < -0.4 is 0 Å². The zero-order valence-corrected chi connectivity index (χ0v) is 16.3. The first-order valence-electron chi connectivity index (χ1n) is 10.2. The predicted molar refractivity (Wildman–Crippen MR) is 97.8 cm³/mol. The Balaban J connectivity index is 1.68. The second-order valence-corrected chi connectivity index (χ2v) is 10.3. The van der Waals surface area contributed by atoms with E-state index in [9.17, 15) is 9.90 Å². The molecule has 2 bridgehead atoms. The summed E-state index contributed by atoms with van der Waals surface area (Å²) >= 11 is 0. The fourth-order valence-electron chi connectivity index (χ4n) is 7.68. The Kier molecular flexibility index (Phi) is 3.76. The number of rotatable bonds is 2. The summed E-state index contributed by atoms with van der Waals surface area (Å²) in [5, 5.41) is 11.2. The van der Waals surface area contributed by atoms with Crippen LogP contribution in [0.15, 0.2) is 12.2 Å². The fraction of sp³-hybridized carbons (Fsp3) is 0.864. The quantitative estimate of drug-likeness (QED) is 0.592. The summed E-state index contributed by atoms with van der Waals surface area (Å²) < 4.78 is 5.51. The van der Waals surface area contributed by atoms with Crippen LogP contribution in [0.1, 0.15) is 72.6 Å². The van der Waals surface area contributed by atoms with Crippen LogP contribution >= 0.6 is 0 Å². The van der Waals surface area contributed by atoms with Crippen LogP contribution in [-0.2, 0) is 9.53 Å². The lowest BCUT2D eigenvalue weighted by atomic mass is 9.40. The second-order valence-electron chi connectivity index (χ2n) is 10.3. The monoisotopic (exact) mass is 346 g/mol. The summed E-state index contributed by atoms with van der Waals surface area (Å²) in [5.74, 6) is 0.968. The molecule has 1 N–H and O–H groups in total. The Morgan fingerprint density at radius 1 is 1.08 bits per heavy atom. The second kappa shape index (κ2) is 5.34. The molecule has 0 aliphatic heterocycles. The van der Waals surface area contributed by atoms with Crippen molar-refractivity contribution in [3.8, 4) is 0 Å². The van der Waals surface area contributed by atoms with Gasteiger partial charge in [-0.1, -0.05) is 39.3 Å². The van der Waals surface area contributed by atoms with Gasteiger partial charge in [-0.25, -0.2) is 0 Å². The highest BCUT2D eigenvalue weighted by atomic mass is 16.5. The van der Waals surface area contributed by atoms with Gasteiger partial charge < -0.3 is 9.84 Å². The summed E-state index contributed by atoms with van der Waals surface area (Å²) in [7, 11) is 0. The Bertz CT molecular complexity index is 612. The van der Waals surface area contributed by atoms with E-state index in [-0.39, 0.29) is 33.7 Å². The average molecular weight is 347 g/mol. The minimum atomic E-state index is -0.224. The number of fused-ring (bicyclic) bond motifs is 3. The SMILES string of the molecule is CC(=O)OC[C@@]1(C)CCC[C@]2(C)[C@@H]1CC[C@]13C=C[C@](C)(CC[C@@H]21)[C@H]3O. The van der Waals surface area contributed by atoms with Crippen molar-refractivity contribution in [2.45, 2.75) is 78.7 Å². The highest BCUT2D eigenvalue weighted by molar-refractivity contribution is 5.65. The molecule has 3 heteroatoms. The number of carbonyl (C=O) groups is 1. The topological polar surface area (TPSA) is 46.5 Å². The molecule has 0 unspecified atom stereocenters. The summed E-state index contributed by atoms with van der Waals surface area (Å²) in [4.78, 5) is 11.4. The van der Waals surface area contributed by atoms with Gasteiger partial charge in [0.2, 0.25) is 0 Å². The predicted octanol–water partition coefficient (Wildman–Crippen LogP) is 4.49. The molecule has 0 heterocycles. The van der Waals surface area contributed by atoms with Crippen molar-refractivity contribution in [1.29, 1.82) is 0 Å². The van der Waals surface area contributed by atoms with Gasteiger partial charge in [0.05, 0.1) is 12.7 Å². The van der Waals surface area contributed by atoms with Gasteiger partial charge in [-0.2, -0.15) is 0 Å². The van der Waals surface area contributed by atoms with E-state index in [0.29, 0.717) is 18.4 Å². The lowest BCUT2D eigenvalue weighted by Crippen LogP contribution is -2.62. The fourth-order valence-corrected chi connectivity index (χ4v) is 7.68. The van der Waals surface area contributed by atoms with E-state index >= 15 is 0 Å². The minimum Gasteiger partial charge on any atom is -0.465 e. The Morgan fingerprint density at radius 2 is 1.80 bits per heavy atom. The third kappa shape index (κ3) is 2.23. The van der Waals surface area contributed by atoms with Gasteiger partial charge >= 0.3 is 5.97 Å². The molecular formula is C22H34O3.